The molecule has 40 heavy (non-hydrogen) atoms. The van der Waals surface area contributed by atoms with Crippen molar-refractivity contribution in [2.24, 2.45) is 0 Å². The quantitative estimate of drug-likeness (QED) is 0.507. The highest BCUT2D eigenvalue weighted by molar-refractivity contribution is 6.62. The normalized spacial score (nSPS) is 20.2. The van der Waals surface area contributed by atoms with Crippen molar-refractivity contribution in [2.45, 2.75) is 97.2 Å². The SMILES string of the molecule is CC(C)(C)OC(=O)N1CCCC(NC(=O)Cc2cc(B3OC(C)(C)C(C)(C)O3)ccc2OCc2ccccc2)C1. The van der Waals surface area contributed by atoms with Crippen LogP contribution in [0.1, 0.15) is 72.4 Å². The largest absolute Gasteiger partial charge is 0.494 e. The molecule has 0 radical (unpaired) electrons. The van der Waals surface area contributed by atoms with Crippen LogP contribution in [0.15, 0.2) is 48.5 Å². The molecule has 0 aliphatic carbocycles. The molecule has 1 N–H and O–H groups in total. The Morgan fingerprint density at radius 1 is 1.05 bits per heavy atom. The van der Waals surface area contributed by atoms with Gasteiger partial charge in [0.2, 0.25) is 5.91 Å². The second-order valence-corrected chi connectivity index (χ2v) is 12.7. The van der Waals surface area contributed by atoms with Crippen LogP contribution in [-0.2, 0) is 31.9 Å². The van der Waals surface area contributed by atoms with E-state index in [4.69, 9.17) is 18.8 Å². The van der Waals surface area contributed by atoms with Crippen molar-refractivity contribution in [1.29, 1.82) is 0 Å². The molecule has 2 aromatic rings. The van der Waals surface area contributed by atoms with Gasteiger partial charge in [0, 0.05) is 24.7 Å². The topological polar surface area (TPSA) is 86.3 Å². The Hall–Kier alpha value is -3.04. The molecule has 2 heterocycles. The first-order valence-corrected chi connectivity index (χ1v) is 14.1. The van der Waals surface area contributed by atoms with Gasteiger partial charge in [0.25, 0.3) is 0 Å². The van der Waals surface area contributed by atoms with Crippen LogP contribution in [0.4, 0.5) is 4.79 Å². The molecule has 9 heteroatoms. The van der Waals surface area contributed by atoms with Crippen molar-refractivity contribution in [3.8, 4) is 5.75 Å². The van der Waals surface area contributed by atoms with Crippen molar-refractivity contribution < 1.29 is 28.4 Å². The van der Waals surface area contributed by atoms with Gasteiger partial charge in [-0.3, -0.25) is 4.79 Å². The van der Waals surface area contributed by atoms with Gasteiger partial charge in [-0.1, -0.05) is 42.5 Å². The highest BCUT2D eigenvalue weighted by atomic mass is 16.7. The zero-order valence-electron chi connectivity index (χ0n) is 24.9. The third-order valence-corrected chi connectivity index (χ3v) is 7.64. The van der Waals surface area contributed by atoms with Gasteiger partial charge in [0.1, 0.15) is 18.0 Å². The molecule has 2 saturated heterocycles. The maximum Gasteiger partial charge on any atom is 0.494 e. The van der Waals surface area contributed by atoms with E-state index in [1.807, 2.05) is 97.0 Å². The van der Waals surface area contributed by atoms with E-state index in [9.17, 15) is 9.59 Å². The third-order valence-electron chi connectivity index (χ3n) is 7.64. The van der Waals surface area contributed by atoms with Crippen LogP contribution in [0.5, 0.6) is 5.75 Å². The van der Waals surface area contributed by atoms with Crippen molar-refractivity contribution in [2.75, 3.05) is 13.1 Å². The van der Waals surface area contributed by atoms with E-state index in [1.165, 1.54) is 0 Å². The van der Waals surface area contributed by atoms with Crippen LogP contribution < -0.4 is 15.5 Å². The number of rotatable bonds is 7. The lowest BCUT2D eigenvalue weighted by molar-refractivity contribution is -0.121. The Morgan fingerprint density at radius 3 is 2.38 bits per heavy atom. The Labute approximate surface area is 238 Å². The van der Waals surface area contributed by atoms with E-state index in [0.717, 1.165) is 29.4 Å². The van der Waals surface area contributed by atoms with Crippen molar-refractivity contribution in [1.82, 2.24) is 10.2 Å². The Kier molecular flexibility index (Phi) is 8.85. The predicted octanol–water partition coefficient (Wildman–Crippen LogP) is 4.62. The minimum absolute atomic E-state index is 0.125. The number of hydrogen-bond acceptors (Lipinski definition) is 6. The second-order valence-electron chi connectivity index (χ2n) is 12.7. The van der Waals surface area contributed by atoms with Gasteiger partial charge >= 0.3 is 13.2 Å². The van der Waals surface area contributed by atoms with E-state index in [-0.39, 0.29) is 24.5 Å². The summed E-state index contributed by atoms with van der Waals surface area (Å²) in [5, 5.41) is 3.12. The molecule has 1 unspecified atom stereocenters. The molecule has 0 bridgehead atoms. The Bertz CT molecular complexity index is 1180. The number of nitrogens with zero attached hydrogens (tertiary/aromatic N) is 1. The highest BCUT2D eigenvalue weighted by Crippen LogP contribution is 2.36. The number of piperidine rings is 1. The summed E-state index contributed by atoms with van der Waals surface area (Å²) < 4.78 is 24.2. The molecule has 2 fully saturated rings. The van der Waals surface area contributed by atoms with Crippen LogP contribution in [0.25, 0.3) is 0 Å². The molecule has 0 aromatic heterocycles. The molecule has 2 aliphatic rings. The van der Waals surface area contributed by atoms with Gasteiger partial charge in [-0.15, -0.1) is 0 Å². The second kappa shape index (κ2) is 11.8. The fraction of sp³-hybridized carbons (Fsp3) is 0.548. The van der Waals surface area contributed by atoms with Crippen LogP contribution in [0.2, 0.25) is 0 Å². The van der Waals surface area contributed by atoms with Gasteiger partial charge < -0.3 is 29.0 Å². The molecule has 2 aromatic carbocycles. The van der Waals surface area contributed by atoms with Crippen molar-refractivity contribution in [3.63, 3.8) is 0 Å². The monoisotopic (exact) mass is 550 g/mol. The average Bonchev–Trinajstić information content (AvgIpc) is 3.09. The first-order valence-electron chi connectivity index (χ1n) is 14.1. The molecule has 1 atom stereocenters. The summed E-state index contributed by atoms with van der Waals surface area (Å²) in [5.41, 5.74) is 1.11. The maximum absolute atomic E-state index is 13.3. The zero-order chi connectivity index (χ0) is 29.1. The zero-order valence-corrected chi connectivity index (χ0v) is 24.9. The standard InChI is InChI=1S/C31H43BN2O6/c1-29(2,3)38-28(36)34-17-11-14-25(20-34)33-27(35)19-23-18-24(32-39-30(4,5)31(6,7)40-32)15-16-26(23)37-21-22-12-9-8-10-13-22/h8-10,12-13,15-16,18,25H,11,14,17,19-21H2,1-7H3,(H,33,35). The summed E-state index contributed by atoms with van der Waals surface area (Å²) >= 11 is 0. The maximum atomic E-state index is 13.3. The number of hydrogen-bond donors (Lipinski definition) is 1. The van der Waals surface area contributed by atoms with E-state index in [1.54, 1.807) is 4.90 Å². The molecular formula is C31H43BN2O6. The van der Waals surface area contributed by atoms with E-state index in [2.05, 4.69) is 5.32 Å². The first-order chi connectivity index (χ1) is 18.7. The molecular weight excluding hydrogens is 507 g/mol. The number of carbonyl (C=O) groups is 2. The van der Waals surface area contributed by atoms with Gasteiger partial charge in [-0.25, -0.2) is 4.79 Å². The van der Waals surface area contributed by atoms with Gasteiger partial charge in [-0.2, -0.15) is 0 Å². The number of ether oxygens (including phenoxy) is 2. The van der Waals surface area contributed by atoms with Crippen LogP contribution in [-0.4, -0.2) is 60.0 Å². The number of nitrogens with one attached hydrogen (secondary N) is 1. The lowest BCUT2D eigenvalue weighted by Crippen LogP contribution is -2.51. The number of benzene rings is 2. The summed E-state index contributed by atoms with van der Waals surface area (Å²) in [7, 11) is -0.546. The van der Waals surface area contributed by atoms with Crippen LogP contribution >= 0.6 is 0 Å². The first kappa shape index (κ1) is 29.9. The summed E-state index contributed by atoms with van der Waals surface area (Å²) in [6.45, 7) is 15.1. The molecule has 8 nitrogen and oxygen atoms in total. The minimum Gasteiger partial charge on any atom is -0.489 e. The Balaban J connectivity index is 1.47. The van der Waals surface area contributed by atoms with Crippen molar-refractivity contribution >= 4 is 24.6 Å². The highest BCUT2D eigenvalue weighted by Gasteiger charge is 2.51. The van der Waals surface area contributed by atoms with E-state index in [0.29, 0.717) is 25.4 Å². The van der Waals surface area contributed by atoms with E-state index < -0.39 is 23.9 Å². The number of likely N-dealkylation sites (tertiary alicyclic amines) is 1. The van der Waals surface area contributed by atoms with Gasteiger partial charge in [0.15, 0.2) is 0 Å². The minimum atomic E-state index is -0.564. The predicted molar refractivity (Wildman–Crippen MR) is 156 cm³/mol. The molecule has 216 valence electrons. The summed E-state index contributed by atoms with van der Waals surface area (Å²) in [4.78, 5) is 27.5. The van der Waals surface area contributed by atoms with Crippen LogP contribution in [0, 0.1) is 0 Å². The van der Waals surface area contributed by atoms with Crippen LogP contribution in [0.3, 0.4) is 0 Å². The fourth-order valence-electron chi connectivity index (χ4n) is 4.78. The fourth-order valence-corrected chi connectivity index (χ4v) is 4.78. The molecule has 2 amide bonds. The number of carbonyl (C=O) groups excluding carboxylic acids is 2. The Morgan fingerprint density at radius 2 is 1.73 bits per heavy atom. The van der Waals surface area contributed by atoms with Crippen molar-refractivity contribution in [3.05, 3.63) is 59.7 Å². The molecule has 4 rings (SSSR count). The third kappa shape index (κ3) is 7.58. The summed E-state index contributed by atoms with van der Waals surface area (Å²) in [6.07, 6.45) is 1.38. The summed E-state index contributed by atoms with van der Waals surface area (Å²) in [5.74, 6) is 0.505. The number of amides is 2. The summed E-state index contributed by atoms with van der Waals surface area (Å²) in [6, 6.07) is 15.5. The molecule has 0 spiro atoms. The average molecular weight is 551 g/mol. The molecule has 2 aliphatic heterocycles. The van der Waals surface area contributed by atoms with E-state index >= 15 is 0 Å². The van der Waals surface area contributed by atoms with Gasteiger partial charge in [-0.05, 0) is 78.4 Å². The molecule has 0 saturated carbocycles. The lowest BCUT2D eigenvalue weighted by atomic mass is 9.78. The van der Waals surface area contributed by atoms with Gasteiger partial charge in [0.05, 0.1) is 17.6 Å². The lowest BCUT2D eigenvalue weighted by Gasteiger charge is -2.34. The smallest absolute Gasteiger partial charge is 0.489 e.